The number of para-hydroxylation sites is 1. The van der Waals surface area contributed by atoms with Crippen molar-refractivity contribution in [1.29, 1.82) is 0 Å². The van der Waals surface area contributed by atoms with Gasteiger partial charge >= 0.3 is 12.1 Å². The highest BCUT2D eigenvalue weighted by atomic mass is 19.4. The molecule has 0 radical (unpaired) electrons. The van der Waals surface area contributed by atoms with E-state index in [2.05, 4.69) is 25.3 Å². The molecule has 4 N–H and O–H groups in total. The minimum absolute atomic E-state index is 0.00841. The molecular weight excluding hydrogens is 466 g/mol. The fourth-order valence-corrected chi connectivity index (χ4v) is 2.81. The molecule has 0 unspecified atom stereocenters. The number of aliphatic carboxylic acids is 1. The molecule has 2 aromatic heterocycles. The molecule has 4 aromatic rings. The number of anilines is 2. The highest BCUT2D eigenvalue weighted by Gasteiger charge is 2.38. The average Bonchev–Trinajstić information content (AvgIpc) is 2.74. The number of H-pyrrole nitrogens is 1. The Bertz CT molecular complexity index is 1460. The number of benzene rings is 2. The van der Waals surface area contributed by atoms with Gasteiger partial charge in [-0.1, -0.05) is 6.07 Å². The van der Waals surface area contributed by atoms with E-state index in [1.54, 1.807) is 13.0 Å². The SMILES string of the molecule is COc1cc2c(C)nc(Nc3nc4c(F)cccc4c(=O)[nH]3)nc2cc1O.O=C(O)C(F)(F)F. The second-order valence-corrected chi connectivity index (χ2v) is 6.65. The van der Waals surface area contributed by atoms with Crippen molar-refractivity contribution in [2.45, 2.75) is 13.1 Å². The van der Waals surface area contributed by atoms with Crippen LogP contribution in [0.1, 0.15) is 5.69 Å². The molecule has 34 heavy (non-hydrogen) atoms. The predicted octanol–water partition coefficient (Wildman–Crippen LogP) is 3.40. The van der Waals surface area contributed by atoms with Crippen LogP contribution in [0.5, 0.6) is 11.5 Å². The first-order valence-electron chi connectivity index (χ1n) is 9.21. The fraction of sp³-hybridized carbons (Fsp3) is 0.150. The van der Waals surface area contributed by atoms with Gasteiger partial charge in [-0.25, -0.2) is 24.1 Å². The van der Waals surface area contributed by atoms with Gasteiger partial charge in [0.25, 0.3) is 5.56 Å². The van der Waals surface area contributed by atoms with E-state index in [9.17, 15) is 27.5 Å². The first-order valence-corrected chi connectivity index (χ1v) is 9.21. The van der Waals surface area contributed by atoms with Crippen LogP contribution >= 0.6 is 0 Å². The second kappa shape index (κ2) is 9.17. The predicted molar refractivity (Wildman–Crippen MR) is 112 cm³/mol. The summed E-state index contributed by atoms with van der Waals surface area (Å²) in [4.78, 5) is 36.3. The van der Waals surface area contributed by atoms with Crippen LogP contribution in [-0.2, 0) is 4.79 Å². The third kappa shape index (κ3) is 5.11. The monoisotopic (exact) mass is 481 g/mol. The second-order valence-electron chi connectivity index (χ2n) is 6.65. The maximum absolute atomic E-state index is 14.0. The lowest BCUT2D eigenvalue weighted by Crippen LogP contribution is -2.21. The van der Waals surface area contributed by atoms with Gasteiger partial charge in [-0.05, 0) is 25.1 Å². The molecule has 0 saturated carbocycles. The molecule has 178 valence electrons. The number of halogens is 4. The maximum atomic E-state index is 14.0. The number of phenols is 1. The average molecular weight is 481 g/mol. The Labute approximate surface area is 186 Å². The molecule has 14 heteroatoms. The van der Waals surface area contributed by atoms with Gasteiger partial charge in [-0.15, -0.1) is 0 Å². The summed E-state index contributed by atoms with van der Waals surface area (Å²) in [7, 11) is 1.45. The number of carboxylic acid groups (broad SMARTS) is 1. The number of rotatable bonds is 3. The number of alkyl halides is 3. The van der Waals surface area contributed by atoms with Crippen molar-refractivity contribution < 1.29 is 37.3 Å². The summed E-state index contributed by atoms with van der Waals surface area (Å²) in [6, 6.07) is 7.24. The first-order chi connectivity index (χ1) is 15.9. The number of hydrogen-bond donors (Lipinski definition) is 4. The molecular formula is C20H15F4N5O5. The Morgan fingerprint density at radius 1 is 1.15 bits per heavy atom. The van der Waals surface area contributed by atoms with Gasteiger partial charge in [0.15, 0.2) is 11.5 Å². The molecule has 0 fully saturated rings. The van der Waals surface area contributed by atoms with Crippen LogP contribution in [0.25, 0.3) is 21.8 Å². The molecule has 0 amide bonds. The van der Waals surface area contributed by atoms with Crippen molar-refractivity contribution in [3.8, 4) is 11.5 Å². The largest absolute Gasteiger partial charge is 0.504 e. The number of aromatic nitrogens is 4. The molecule has 0 spiro atoms. The Hall–Kier alpha value is -4.49. The standard InChI is InChI=1S/C18H14FN5O3.C2HF3O2/c1-8-10-6-14(27-2)13(25)7-12(10)21-17(20-8)24-18-22-15-9(16(26)23-18)4-3-5-11(15)19;3-2(4,5)1(6)7/h3-7,25H,1-2H3,(H2,20,21,22,23,24,26);(H,6,7). The number of nitrogens with one attached hydrogen (secondary N) is 2. The van der Waals surface area contributed by atoms with E-state index < -0.39 is 23.5 Å². The first kappa shape index (κ1) is 24.2. The van der Waals surface area contributed by atoms with E-state index in [0.29, 0.717) is 22.3 Å². The molecule has 0 saturated heterocycles. The number of nitrogens with zero attached hydrogens (tertiary/aromatic N) is 3. The lowest BCUT2D eigenvalue weighted by molar-refractivity contribution is -0.192. The molecule has 10 nitrogen and oxygen atoms in total. The lowest BCUT2D eigenvalue weighted by atomic mass is 10.2. The van der Waals surface area contributed by atoms with Crippen LogP contribution < -0.4 is 15.6 Å². The van der Waals surface area contributed by atoms with Crippen molar-refractivity contribution in [3.05, 3.63) is 52.2 Å². The van der Waals surface area contributed by atoms with Crippen molar-refractivity contribution in [2.75, 3.05) is 12.4 Å². The molecule has 0 aliphatic heterocycles. The van der Waals surface area contributed by atoms with E-state index in [0.717, 1.165) is 0 Å². The van der Waals surface area contributed by atoms with Gasteiger partial charge in [0.05, 0.1) is 23.7 Å². The van der Waals surface area contributed by atoms with E-state index in [1.165, 1.54) is 31.4 Å². The summed E-state index contributed by atoms with van der Waals surface area (Å²) >= 11 is 0. The van der Waals surface area contributed by atoms with Gasteiger partial charge in [-0.3, -0.25) is 15.1 Å². The van der Waals surface area contributed by atoms with Gasteiger partial charge < -0.3 is 14.9 Å². The highest BCUT2D eigenvalue weighted by Crippen LogP contribution is 2.32. The van der Waals surface area contributed by atoms with E-state index in [-0.39, 0.29) is 28.5 Å². The molecule has 0 bridgehead atoms. The normalized spacial score (nSPS) is 11.1. The maximum Gasteiger partial charge on any atom is 0.490 e. The lowest BCUT2D eigenvalue weighted by Gasteiger charge is -2.10. The molecule has 2 aromatic carbocycles. The van der Waals surface area contributed by atoms with Crippen LogP contribution in [0, 0.1) is 12.7 Å². The fourth-order valence-electron chi connectivity index (χ4n) is 2.81. The van der Waals surface area contributed by atoms with Crippen LogP contribution in [0.2, 0.25) is 0 Å². The summed E-state index contributed by atoms with van der Waals surface area (Å²) in [5, 5.41) is 20.7. The van der Waals surface area contributed by atoms with Crippen molar-refractivity contribution in [1.82, 2.24) is 19.9 Å². The Morgan fingerprint density at radius 2 is 1.82 bits per heavy atom. The quantitative estimate of drug-likeness (QED) is 0.323. The number of methoxy groups -OCH3 is 1. The van der Waals surface area contributed by atoms with E-state index in [4.69, 9.17) is 14.6 Å². The van der Waals surface area contributed by atoms with Gasteiger partial charge in [0.2, 0.25) is 11.9 Å². The van der Waals surface area contributed by atoms with E-state index in [1.807, 2.05) is 0 Å². The summed E-state index contributed by atoms with van der Waals surface area (Å²) < 4.78 is 50.8. The van der Waals surface area contributed by atoms with Crippen LogP contribution in [0.4, 0.5) is 29.5 Å². The summed E-state index contributed by atoms with van der Waals surface area (Å²) in [6.07, 6.45) is -5.08. The number of hydrogen-bond acceptors (Lipinski definition) is 8. The third-order valence-electron chi connectivity index (χ3n) is 4.35. The van der Waals surface area contributed by atoms with Gasteiger partial charge in [0.1, 0.15) is 11.3 Å². The zero-order valence-corrected chi connectivity index (χ0v) is 17.4. The summed E-state index contributed by atoms with van der Waals surface area (Å²) in [6.45, 7) is 1.77. The highest BCUT2D eigenvalue weighted by molar-refractivity contribution is 5.86. The van der Waals surface area contributed by atoms with Crippen LogP contribution in [-0.4, -0.2) is 49.4 Å². The Kier molecular flexibility index (Phi) is 6.51. The molecule has 0 atom stereocenters. The number of phenolic OH excluding ortho intramolecular Hbond substituents is 1. The number of carbonyl (C=O) groups is 1. The minimum Gasteiger partial charge on any atom is -0.504 e. The number of ether oxygens (including phenoxy) is 1. The van der Waals surface area contributed by atoms with Crippen LogP contribution in [0.3, 0.4) is 0 Å². The Morgan fingerprint density at radius 3 is 2.44 bits per heavy atom. The molecule has 0 aliphatic carbocycles. The summed E-state index contributed by atoms with van der Waals surface area (Å²) in [5.41, 5.74) is 0.554. The molecule has 0 aliphatic rings. The number of aryl methyl sites for hydroxylation is 1. The van der Waals surface area contributed by atoms with Crippen LogP contribution in [0.15, 0.2) is 35.1 Å². The van der Waals surface area contributed by atoms with Crippen molar-refractivity contribution in [3.63, 3.8) is 0 Å². The number of fused-ring (bicyclic) bond motifs is 2. The van der Waals surface area contributed by atoms with Crippen molar-refractivity contribution in [2.24, 2.45) is 0 Å². The number of aromatic amines is 1. The zero-order chi connectivity index (χ0) is 25.2. The molecule has 2 heterocycles. The zero-order valence-electron chi connectivity index (χ0n) is 17.4. The van der Waals surface area contributed by atoms with E-state index >= 15 is 0 Å². The number of carboxylic acids is 1. The topological polar surface area (TPSA) is 150 Å². The third-order valence-corrected chi connectivity index (χ3v) is 4.35. The van der Waals surface area contributed by atoms with Gasteiger partial charge in [0, 0.05) is 11.5 Å². The minimum atomic E-state index is -5.08. The molecule has 4 rings (SSSR count). The summed E-state index contributed by atoms with van der Waals surface area (Å²) in [5.74, 6) is -2.96. The number of aromatic hydroxyl groups is 1. The van der Waals surface area contributed by atoms with Gasteiger partial charge in [-0.2, -0.15) is 13.2 Å². The van der Waals surface area contributed by atoms with Crippen molar-refractivity contribution >= 4 is 39.7 Å². The Balaban J connectivity index is 0.000000406. The smallest absolute Gasteiger partial charge is 0.490 e.